The number of para-hydroxylation sites is 1. The molecule has 3 rings (SSSR count). The number of nitrogens with zero attached hydrogens (tertiary/aromatic N) is 1. The lowest BCUT2D eigenvalue weighted by Crippen LogP contribution is -1.96. The van der Waals surface area contributed by atoms with Gasteiger partial charge in [-0.05, 0) is 24.1 Å². The van der Waals surface area contributed by atoms with Gasteiger partial charge in [-0.15, -0.1) is 0 Å². The van der Waals surface area contributed by atoms with Crippen molar-refractivity contribution < 1.29 is 9.90 Å². The summed E-state index contributed by atoms with van der Waals surface area (Å²) in [6.45, 7) is 2.11. The maximum Gasteiger partial charge on any atom is 0.337 e. The average Bonchev–Trinajstić information content (AvgIpc) is 2.90. The molecule has 0 unspecified atom stereocenters. The molecule has 0 radical (unpaired) electrons. The number of H-pyrrole nitrogens is 1. The SMILES string of the molecule is CCc1ccc(-c2nc3c(C(=O)O)cccc3[nH]2)cc1. The minimum absolute atomic E-state index is 0.218. The van der Waals surface area contributed by atoms with E-state index in [2.05, 4.69) is 29.0 Å². The quantitative estimate of drug-likeness (QED) is 0.762. The van der Waals surface area contributed by atoms with Crippen LogP contribution in [0.25, 0.3) is 22.4 Å². The second-order valence-electron chi connectivity index (χ2n) is 4.64. The van der Waals surface area contributed by atoms with Gasteiger partial charge < -0.3 is 10.1 Å². The van der Waals surface area contributed by atoms with Gasteiger partial charge in [0, 0.05) is 5.56 Å². The van der Waals surface area contributed by atoms with Crippen LogP contribution in [0.15, 0.2) is 42.5 Å². The fourth-order valence-electron chi connectivity index (χ4n) is 2.24. The van der Waals surface area contributed by atoms with Crippen molar-refractivity contribution in [3.63, 3.8) is 0 Å². The van der Waals surface area contributed by atoms with Gasteiger partial charge in [0.25, 0.3) is 0 Å². The van der Waals surface area contributed by atoms with Gasteiger partial charge in [-0.1, -0.05) is 37.3 Å². The van der Waals surface area contributed by atoms with E-state index in [0.29, 0.717) is 11.3 Å². The van der Waals surface area contributed by atoms with Crippen LogP contribution in [0.1, 0.15) is 22.8 Å². The Labute approximate surface area is 116 Å². The van der Waals surface area contributed by atoms with E-state index >= 15 is 0 Å². The van der Waals surface area contributed by atoms with Crippen molar-refractivity contribution in [1.82, 2.24) is 9.97 Å². The van der Waals surface area contributed by atoms with E-state index in [-0.39, 0.29) is 5.56 Å². The van der Waals surface area contributed by atoms with Gasteiger partial charge in [0.2, 0.25) is 0 Å². The second kappa shape index (κ2) is 4.81. The summed E-state index contributed by atoms with van der Waals surface area (Å²) in [6, 6.07) is 13.2. The summed E-state index contributed by atoms with van der Waals surface area (Å²) in [6.07, 6.45) is 0.990. The number of benzene rings is 2. The molecule has 100 valence electrons. The third-order valence-electron chi connectivity index (χ3n) is 3.38. The number of imidazole rings is 1. The number of aromatic carboxylic acids is 1. The highest BCUT2D eigenvalue weighted by molar-refractivity contribution is 6.01. The molecule has 4 heteroatoms. The molecule has 0 aliphatic carbocycles. The second-order valence-corrected chi connectivity index (χ2v) is 4.64. The molecule has 0 fully saturated rings. The normalized spacial score (nSPS) is 10.8. The minimum atomic E-state index is -0.963. The molecule has 0 saturated heterocycles. The number of carboxylic acid groups (broad SMARTS) is 1. The summed E-state index contributed by atoms with van der Waals surface area (Å²) in [5.41, 5.74) is 3.66. The van der Waals surface area contributed by atoms with Crippen LogP contribution >= 0.6 is 0 Å². The fourth-order valence-corrected chi connectivity index (χ4v) is 2.24. The van der Waals surface area contributed by atoms with Crippen LogP contribution in [0.4, 0.5) is 0 Å². The molecule has 2 aromatic carbocycles. The zero-order valence-corrected chi connectivity index (χ0v) is 11.1. The molecule has 2 N–H and O–H groups in total. The highest BCUT2D eigenvalue weighted by atomic mass is 16.4. The molecule has 3 aromatic rings. The number of aromatic nitrogens is 2. The molecule has 0 spiro atoms. The van der Waals surface area contributed by atoms with E-state index < -0.39 is 5.97 Å². The van der Waals surface area contributed by atoms with Gasteiger partial charge in [-0.2, -0.15) is 0 Å². The zero-order chi connectivity index (χ0) is 14.1. The number of aromatic amines is 1. The number of carboxylic acids is 1. The van der Waals surface area contributed by atoms with Crippen LogP contribution in [0, 0.1) is 0 Å². The van der Waals surface area contributed by atoms with Gasteiger partial charge in [0.05, 0.1) is 11.1 Å². The van der Waals surface area contributed by atoms with Crippen molar-refractivity contribution in [3.8, 4) is 11.4 Å². The van der Waals surface area contributed by atoms with Crippen LogP contribution in [0.2, 0.25) is 0 Å². The van der Waals surface area contributed by atoms with E-state index in [1.807, 2.05) is 18.2 Å². The Bertz CT molecular complexity index is 773. The molecular formula is C16H14N2O2. The lowest BCUT2D eigenvalue weighted by Gasteiger charge is -1.98. The number of nitrogens with one attached hydrogen (secondary N) is 1. The van der Waals surface area contributed by atoms with Gasteiger partial charge in [-0.3, -0.25) is 0 Å². The number of hydrogen-bond acceptors (Lipinski definition) is 2. The number of fused-ring (bicyclic) bond motifs is 1. The first-order valence-electron chi connectivity index (χ1n) is 6.50. The van der Waals surface area contributed by atoms with Gasteiger partial charge >= 0.3 is 5.97 Å². The lowest BCUT2D eigenvalue weighted by atomic mass is 10.1. The summed E-state index contributed by atoms with van der Waals surface area (Å²) in [7, 11) is 0. The fraction of sp³-hybridized carbons (Fsp3) is 0.125. The van der Waals surface area contributed by atoms with Gasteiger partial charge in [-0.25, -0.2) is 9.78 Å². The van der Waals surface area contributed by atoms with Crippen LogP contribution < -0.4 is 0 Å². The first-order valence-corrected chi connectivity index (χ1v) is 6.50. The topological polar surface area (TPSA) is 66.0 Å². The molecule has 0 bridgehead atoms. The molecule has 20 heavy (non-hydrogen) atoms. The molecule has 0 saturated carbocycles. The first kappa shape index (κ1) is 12.4. The van der Waals surface area contributed by atoms with E-state index in [0.717, 1.165) is 17.5 Å². The van der Waals surface area contributed by atoms with Gasteiger partial charge in [0.15, 0.2) is 0 Å². The van der Waals surface area contributed by atoms with Crippen molar-refractivity contribution in [2.45, 2.75) is 13.3 Å². The molecule has 1 heterocycles. The predicted molar refractivity (Wildman–Crippen MR) is 77.9 cm³/mol. The maximum absolute atomic E-state index is 11.2. The van der Waals surface area contributed by atoms with Crippen molar-refractivity contribution in [2.75, 3.05) is 0 Å². The predicted octanol–water partition coefficient (Wildman–Crippen LogP) is 3.49. The number of carbonyl (C=O) groups is 1. The molecule has 0 amide bonds. The summed E-state index contributed by atoms with van der Waals surface area (Å²) >= 11 is 0. The summed E-state index contributed by atoms with van der Waals surface area (Å²) in [5, 5.41) is 9.18. The minimum Gasteiger partial charge on any atom is -0.478 e. The maximum atomic E-state index is 11.2. The van der Waals surface area contributed by atoms with Crippen LogP contribution in [0.5, 0.6) is 0 Å². The monoisotopic (exact) mass is 266 g/mol. The lowest BCUT2D eigenvalue weighted by molar-refractivity contribution is 0.0699. The molecule has 0 atom stereocenters. The van der Waals surface area contributed by atoms with E-state index in [4.69, 9.17) is 0 Å². The smallest absolute Gasteiger partial charge is 0.337 e. The first-order chi connectivity index (χ1) is 9.69. The number of hydrogen-bond donors (Lipinski definition) is 2. The molecule has 0 aliphatic rings. The van der Waals surface area contributed by atoms with Crippen molar-refractivity contribution in [2.24, 2.45) is 0 Å². The highest BCUT2D eigenvalue weighted by Crippen LogP contribution is 2.23. The van der Waals surface area contributed by atoms with Crippen LogP contribution in [-0.2, 0) is 6.42 Å². The third kappa shape index (κ3) is 2.05. The molecule has 1 aromatic heterocycles. The highest BCUT2D eigenvalue weighted by Gasteiger charge is 2.13. The number of aryl methyl sites for hydroxylation is 1. The summed E-state index contributed by atoms with van der Waals surface area (Å²) in [5.74, 6) is -0.272. The van der Waals surface area contributed by atoms with Crippen molar-refractivity contribution in [1.29, 1.82) is 0 Å². The van der Waals surface area contributed by atoms with E-state index in [9.17, 15) is 9.90 Å². The molecular weight excluding hydrogens is 252 g/mol. The van der Waals surface area contributed by atoms with E-state index in [1.54, 1.807) is 12.1 Å². The number of rotatable bonds is 3. The Kier molecular flexibility index (Phi) is 2.99. The third-order valence-corrected chi connectivity index (χ3v) is 3.38. The standard InChI is InChI=1S/C16H14N2O2/c1-2-10-6-8-11(9-7-10)15-17-13-5-3-4-12(16(19)20)14(13)18-15/h3-9H,2H2,1H3,(H,17,18)(H,19,20). The molecule has 0 aliphatic heterocycles. The zero-order valence-electron chi connectivity index (χ0n) is 11.1. The van der Waals surface area contributed by atoms with Crippen LogP contribution in [0.3, 0.4) is 0 Å². The Morgan fingerprint density at radius 1 is 1.20 bits per heavy atom. The summed E-state index contributed by atoms with van der Waals surface area (Å²) in [4.78, 5) is 18.8. The summed E-state index contributed by atoms with van der Waals surface area (Å²) < 4.78 is 0. The molecule has 4 nitrogen and oxygen atoms in total. The Balaban J connectivity index is 2.12. The Morgan fingerprint density at radius 3 is 2.60 bits per heavy atom. The van der Waals surface area contributed by atoms with Crippen molar-refractivity contribution in [3.05, 3.63) is 53.6 Å². The Hall–Kier alpha value is -2.62. The average molecular weight is 266 g/mol. The van der Waals surface area contributed by atoms with Gasteiger partial charge in [0.1, 0.15) is 11.3 Å². The Morgan fingerprint density at radius 2 is 1.95 bits per heavy atom. The largest absolute Gasteiger partial charge is 0.478 e. The van der Waals surface area contributed by atoms with Crippen molar-refractivity contribution >= 4 is 17.0 Å². The van der Waals surface area contributed by atoms with Crippen LogP contribution in [-0.4, -0.2) is 21.0 Å². The van der Waals surface area contributed by atoms with E-state index in [1.165, 1.54) is 5.56 Å².